The summed E-state index contributed by atoms with van der Waals surface area (Å²) in [5, 5.41) is 0. The molecule has 132 valence electrons. The summed E-state index contributed by atoms with van der Waals surface area (Å²) < 4.78 is 18.6. The lowest BCUT2D eigenvalue weighted by Crippen LogP contribution is -2.44. The van der Waals surface area contributed by atoms with E-state index < -0.39 is 0 Å². The minimum absolute atomic E-state index is 0.0298. The van der Waals surface area contributed by atoms with Gasteiger partial charge in [-0.3, -0.25) is 4.79 Å². The van der Waals surface area contributed by atoms with E-state index in [0.717, 1.165) is 45.5 Å². The third-order valence-electron chi connectivity index (χ3n) is 5.77. The summed E-state index contributed by atoms with van der Waals surface area (Å²) in [5.74, 6) is -0.262. The van der Waals surface area contributed by atoms with Gasteiger partial charge in [-0.1, -0.05) is 0 Å². The molecular formula is C19H27FN2O2. The van der Waals surface area contributed by atoms with E-state index in [2.05, 4.69) is 11.9 Å². The standard InChI is InChI=1S/C19H27FN2O2/c1-14-10-15(20)4-5-17(14)18(23)22-8-6-19(7-9-22)11-16(12-24-3)21(2)13-19/h4-5,10,16H,6-9,11-13H2,1-3H3. The Morgan fingerprint density at radius 2 is 2.08 bits per heavy atom. The summed E-state index contributed by atoms with van der Waals surface area (Å²) in [7, 11) is 3.92. The molecule has 2 aliphatic rings. The van der Waals surface area contributed by atoms with Crippen molar-refractivity contribution < 1.29 is 13.9 Å². The molecule has 1 amide bonds. The van der Waals surface area contributed by atoms with Crippen LogP contribution in [0.5, 0.6) is 0 Å². The molecule has 2 aliphatic heterocycles. The highest BCUT2D eigenvalue weighted by Crippen LogP contribution is 2.43. The Morgan fingerprint density at radius 3 is 2.71 bits per heavy atom. The van der Waals surface area contributed by atoms with Gasteiger partial charge in [-0.2, -0.15) is 0 Å². The fourth-order valence-electron chi connectivity index (χ4n) is 4.34. The lowest BCUT2D eigenvalue weighted by atomic mass is 9.76. The Morgan fingerprint density at radius 1 is 1.38 bits per heavy atom. The van der Waals surface area contributed by atoms with Gasteiger partial charge < -0.3 is 14.5 Å². The summed E-state index contributed by atoms with van der Waals surface area (Å²) >= 11 is 0. The summed E-state index contributed by atoms with van der Waals surface area (Å²) in [5.41, 5.74) is 1.64. The number of methoxy groups -OCH3 is 1. The molecule has 1 aromatic carbocycles. The van der Waals surface area contributed by atoms with Crippen LogP contribution in [-0.2, 0) is 4.74 Å². The molecule has 3 rings (SSSR count). The highest BCUT2D eigenvalue weighted by Gasteiger charge is 2.44. The van der Waals surface area contributed by atoms with Crippen LogP contribution >= 0.6 is 0 Å². The highest BCUT2D eigenvalue weighted by atomic mass is 19.1. The van der Waals surface area contributed by atoms with Gasteiger partial charge in [0.15, 0.2) is 0 Å². The molecule has 1 aromatic rings. The van der Waals surface area contributed by atoms with Crippen LogP contribution in [-0.4, -0.2) is 62.1 Å². The first-order valence-corrected chi connectivity index (χ1v) is 8.69. The van der Waals surface area contributed by atoms with Crippen molar-refractivity contribution in [3.8, 4) is 0 Å². The second-order valence-electron chi connectivity index (χ2n) is 7.48. The van der Waals surface area contributed by atoms with Crippen molar-refractivity contribution in [2.24, 2.45) is 5.41 Å². The average molecular weight is 334 g/mol. The van der Waals surface area contributed by atoms with Crippen molar-refractivity contribution in [2.75, 3.05) is 40.4 Å². The lowest BCUT2D eigenvalue weighted by molar-refractivity contribution is 0.0591. The monoisotopic (exact) mass is 334 g/mol. The number of halogens is 1. The van der Waals surface area contributed by atoms with E-state index in [9.17, 15) is 9.18 Å². The number of likely N-dealkylation sites (N-methyl/N-ethyl adjacent to an activating group) is 1. The van der Waals surface area contributed by atoms with Crippen LogP contribution in [0, 0.1) is 18.2 Å². The van der Waals surface area contributed by atoms with Crippen LogP contribution in [0.4, 0.5) is 4.39 Å². The van der Waals surface area contributed by atoms with E-state index in [1.165, 1.54) is 12.1 Å². The number of piperidine rings is 1. The lowest BCUT2D eigenvalue weighted by Gasteiger charge is -2.39. The van der Waals surface area contributed by atoms with Crippen LogP contribution in [0.25, 0.3) is 0 Å². The third-order valence-corrected chi connectivity index (χ3v) is 5.77. The summed E-state index contributed by atoms with van der Waals surface area (Å²) in [4.78, 5) is 17.1. The van der Waals surface area contributed by atoms with Crippen LogP contribution in [0.2, 0.25) is 0 Å². The second-order valence-corrected chi connectivity index (χ2v) is 7.48. The summed E-state index contributed by atoms with van der Waals surface area (Å²) in [6, 6.07) is 4.89. The highest BCUT2D eigenvalue weighted by molar-refractivity contribution is 5.95. The Kier molecular flexibility index (Phi) is 4.92. The molecule has 0 bridgehead atoms. The Balaban J connectivity index is 1.64. The van der Waals surface area contributed by atoms with Crippen LogP contribution in [0.3, 0.4) is 0 Å². The van der Waals surface area contributed by atoms with Gasteiger partial charge in [0.2, 0.25) is 0 Å². The number of hydrogen-bond donors (Lipinski definition) is 0. The average Bonchev–Trinajstić information content (AvgIpc) is 2.83. The molecule has 0 N–H and O–H groups in total. The van der Waals surface area contributed by atoms with Gasteiger partial charge in [0.25, 0.3) is 5.91 Å². The maximum atomic E-state index is 13.2. The Hall–Kier alpha value is -1.46. The van der Waals surface area contributed by atoms with E-state index in [0.29, 0.717) is 22.6 Å². The topological polar surface area (TPSA) is 32.8 Å². The van der Waals surface area contributed by atoms with Crippen molar-refractivity contribution in [1.82, 2.24) is 9.80 Å². The van der Waals surface area contributed by atoms with E-state index in [1.807, 2.05) is 4.90 Å². The van der Waals surface area contributed by atoms with Gasteiger partial charge in [-0.25, -0.2) is 4.39 Å². The first-order chi connectivity index (χ1) is 11.4. The Labute approximate surface area is 143 Å². The largest absolute Gasteiger partial charge is 0.383 e. The number of rotatable bonds is 3. The van der Waals surface area contributed by atoms with Crippen molar-refractivity contribution >= 4 is 5.91 Å². The van der Waals surface area contributed by atoms with Crippen molar-refractivity contribution in [1.29, 1.82) is 0 Å². The van der Waals surface area contributed by atoms with Gasteiger partial charge in [0, 0.05) is 38.3 Å². The zero-order valence-corrected chi connectivity index (χ0v) is 14.8. The molecule has 1 atom stereocenters. The predicted molar refractivity (Wildman–Crippen MR) is 91.6 cm³/mol. The van der Waals surface area contributed by atoms with Crippen LogP contribution < -0.4 is 0 Å². The fraction of sp³-hybridized carbons (Fsp3) is 0.632. The molecule has 24 heavy (non-hydrogen) atoms. The molecule has 0 aromatic heterocycles. The number of aryl methyl sites for hydroxylation is 1. The molecule has 1 unspecified atom stereocenters. The number of hydrogen-bond acceptors (Lipinski definition) is 3. The maximum Gasteiger partial charge on any atom is 0.254 e. The number of carbonyl (C=O) groups excluding carboxylic acids is 1. The molecular weight excluding hydrogens is 307 g/mol. The fourth-order valence-corrected chi connectivity index (χ4v) is 4.34. The smallest absolute Gasteiger partial charge is 0.254 e. The molecule has 5 heteroatoms. The van der Waals surface area contributed by atoms with Gasteiger partial charge >= 0.3 is 0 Å². The normalized spacial score (nSPS) is 23.8. The first-order valence-electron chi connectivity index (χ1n) is 8.69. The molecule has 2 fully saturated rings. The van der Waals surface area contributed by atoms with Gasteiger partial charge in [-0.05, 0) is 62.4 Å². The zero-order valence-electron chi connectivity index (χ0n) is 14.8. The quantitative estimate of drug-likeness (QED) is 0.852. The van der Waals surface area contributed by atoms with Gasteiger partial charge in [0.1, 0.15) is 5.82 Å². The zero-order chi connectivity index (χ0) is 17.3. The molecule has 4 nitrogen and oxygen atoms in total. The maximum absolute atomic E-state index is 13.2. The number of benzene rings is 1. The molecule has 2 saturated heterocycles. The molecule has 0 radical (unpaired) electrons. The minimum atomic E-state index is -0.292. The van der Waals surface area contributed by atoms with Crippen LogP contribution in [0.1, 0.15) is 35.2 Å². The second kappa shape index (κ2) is 6.81. The SMILES string of the molecule is COCC1CC2(CCN(C(=O)c3ccc(F)cc3C)CC2)CN1C. The number of likely N-dealkylation sites (tertiary alicyclic amines) is 2. The van der Waals surface area contributed by atoms with Crippen molar-refractivity contribution in [3.05, 3.63) is 35.1 Å². The third kappa shape index (κ3) is 3.33. The van der Waals surface area contributed by atoms with Gasteiger partial charge in [0.05, 0.1) is 6.61 Å². The van der Waals surface area contributed by atoms with E-state index in [1.54, 1.807) is 20.1 Å². The van der Waals surface area contributed by atoms with E-state index in [-0.39, 0.29) is 11.7 Å². The van der Waals surface area contributed by atoms with Crippen LogP contribution in [0.15, 0.2) is 18.2 Å². The summed E-state index contributed by atoms with van der Waals surface area (Å²) in [6.07, 6.45) is 3.21. The molecule has 2 heterocycles. The molecule has 0 saturated carbocycles. The Bertz CT molecular complexity index is 611. The predicted octanol–water partition coefficient (Wildman–Crippen LogP) is 2.71. The van der Waals surface area contributed by atoms with E-state index >= 15 is 0 Å². The number of nitrogens with zero attached hydrogens (tertiary/aromatic N) is 2. The molecule has 0 aliphatic carbocycles. The van der Waals surface area contributed by atoms with Gasteiger partial charge in [-0.15, -0.1) is 0 Å². The van der Waals surface area contributed by atoms with Crippen molar-refractivity contribution in [3.63, 3.8) is 0 Å². The number of ether oxygens (including phenoxy) is 1. The number of carbonyl (C=O) groups is 1. The number of amides is 1. The van der Waals surface area contributed by atoms with E-state index in [4.69, 9.17) is 4.74 Å². The minimum Gasteiger partial charge on any atom is -0.383 e. The summed E-state index contributed by atoms with van der Waals surface area (Å²) in [6.45, 7) is 5.21. The molecule has 1 spiro atoms. The first kappa shape index (κ1) is 17.4. The van der Waals surface area contributed by atoms with Crippen molar-refractivity contribution in [2.45, 2.75) is 32.2 Å².